The highest BCUT2D eigenvalue weighted by Crippen LogP contribution is 2.32. The van der Waals surface area contributed by atoms with Gasteiger partial charge in [-0.05, 0) is 12.1 Å². The summed E-state index contributed by atoms with van der Waals surface area (Å²) in [5.41, 5.74) is -0.693. The number of aromatic nitrogens is 2. The van der Waals surface area contributed by atoms with Crippen molar-refractivity contribution in [2.24, 2.45) is 0 Å². The molecule has 1 aromatic heterocycles. The fourth-order valence-corrected chi connectivity index (χ4v) is 2.66. The standard InChI is InChI=1S/C16H10F3N3OS/c17-16(18,19)12-9-5-4-8-11(12)14(23)21-15-20-13(22-24-15)10-6-2-1-3-7-10/h1-9H,(H,20,21,22,23). The number of rotatable bonds is 3. The number of nitrogens with one attached hydrogen (secondary N) is 1. The van der Waals surface area contributed by atoms with Crippen LogP contribution in [0.25, 0.3) is 11.4 Å². The SMILES string of the molecule is O=C(Nc1nc(-c2ccccc2)ns1)c1ccccc1C(F)(F)F. The third kappa shape index (κ3) is 3.43. The van der Waals surface area contributed by atoms with Gasteiger partial charge in [0, 0.05) is 17.1 Å². The van der Waals surface area contributed by atoms with Crippen molar-refractivity contribution in [3.05, 3.63) is 65.7 Å². The van der Waals surface area contributed by atoms with Gasteiger partial charge in [0.2, 0.25) is 5.13 Å². The molecule has 0 saturated carbocycles. The van der Waals surface area contributed by atoms with Gasteiger partial charge >= 0.3 is 6.18 Å². The molecule has 0 radical (unpaired) electrons. The molecule has 0 atom stereocenters. The number of hydrogen-bond acceptors (Lipinski definition) is 4. The van der Waals surface area contributed by atoms with Crippen LogP contribution in [0.4, 0.5) is 18.3 Å². The van der Waals surface area contributed by atoms with E-state index in [9.17, 15) is 18.0 Å². The fourth-order valence-electron chi connectivity index (χ4n) is 2.07. The van der Waals surface area contributed by atoms with Crippen LogP contribution in [-0.4, -0.2) is 15.3 Å². The van der Waals surface area contributed by atoms with Crippen LogP contribution in [-0.2, 0) is 6.18 Å². The second-order valence-electron chi connectivity index (χ2n) is 4.79. The molecular formula is C16H10F3N3OS. The molecule has 1 heterocycles. The molecule has 3 aromatic rings. The van der Waals surface area contributed by atoms with Gasteiger partial charge < -0.3 is 0 Å². The molecule has 4 nitrogen and oxygen atoms in total. The zero-order valence-corrected chi connectivity index (χ0v) is 12.9. The van der Waals surface area contributed by atoms with E-state index in [2.05, 4.69) is 14.7 Å². The first-order chi connectivity index (χ1) is 11.4. The van der Waals surface area contributed by atoms with Crippen LogP contribution in [0.5, 0.6) is 0 Å². The zero-order chi connectivity index (χ0) is 17.2. The maximum Gasteiger partial charge on any atom is 0.417 e. The highest BCUT2D eigenvalue weighted by atomic mass is 32.1. The monoisotopic (exact) mass is 349 g/mol. The zero-order valence-electron chi connectivity index (χ0n) is 12.0. The number of alkyl halides is 3. The Morgan fingerprint density at radius 2 is 1.67 bits per heavy atom. The Balaban J connectivity index is 1.83. The lowest BCUT2D eigenvalue weighted by Gasteiger charge is -2.11. The number of halogens is 3. The first-order valence-electron chi connectivity index (χ1n) is 6.82. The average molecular weight is 349 g/mol. The van der Waals surface area contributed by atoms with E-state index in [0.717, 1.165) is 29.2 Å². The first kappa shape index (κ1) is 16.1. The smallest absolute Gasteiger partial charge is 0.297 e. The normalized spacial score (nSPS) is 11.3. The summed E-state index contributed by atoms with van der Waals surface area (Å²) < 4.78 is 43.0. The summed E-state index contributed by atoms with van der Waals surface area (Å²) in [5, 5.41) is 2.50. The maximum atomic E-state index is 13.0. The molecule has 1 N–H and O–H groups in total. The van der Waals surface area contributed by atoms with Crippen molar-refractivity contribution in [1.82, 2.24) is 9.36 Å². The Labute approximate surface area is 139 Å². The van der Waals surface area contributed by atoms with Crippen molar-refractivity contribution in [2.75, 3.05) is 5.32 Å². The van der Waals surface area contributed by atoms with Gasteiger partial charge in [-0.25, -0.2) is 0 Å². The van der Waals surface area contributed by atoms with E-state index in [0.29, 0.717) is 5.82 Å². The maximum absolute atomic E-state index is 13.0. The number of anilines is 1. The summed E-state index contributed by atoms with van der Waals surface area (Å²) >= 11 is 0.906. The molecule has 24 heavy (non-hydrogen) atoms. The topological polar surface area (TPSA) is 54.9 Å². The van der Waals surface area contributed by atoms with Crippen molar-refractivity contribution in [1.29, 1.82) is 0 Å². The minimum Gasteiger partial charge on any atom is -0.297 e. The molecule has 122 valence electrons. The van der Waals surface area contributed by atoms with E-state index in [1.165, 1.54) is 12.1 Å². The first-order valence-corrected chi connectivity index (χ1v) is 7.59. The molecule has 3 rings (SSSR count). The second-order valence-corrected chi connectivity index (χ2v) is 5.54. The van der Waals surface area contributed by atoms with E-state index < -0.39 is 23.2 Å². The third-order valence-corrected chi connectivity index (χ3v) is 3.79. The molecule has 0 bridgehead atoms. The molecule has 0 unspecified atom stereocenters. The van der Waals surface area contributed by atoms with Gasteiger partial charge in [0.05, 0.1) is 11.1 Å². The van der Waals surface area contributed by atoms with Crippen molar-refractivity contribution in [3.63, 3.8) is 0 Å². The quantitative estimate of drug-likeness (QED) is 0.759. The number of carbonyl (C=O) groups is 1. The molecule has 1 amide bonds. The average Bonchev–Trinajstić information content (AvgIpc) is 3.03. The summed E-state index contributed by atoms with van der Waals surface area (Å²) in [6.45, 7) is 0. The van der Waals surface area contributed by atoms with Crippen molar-refractivity contribution >= 4 is 22.6 Å². The summed E-state index contributed by atoms with van der Waals surface area (Å²) in [7, 11) is 0. The van der Waals surface area contributed by atoms with Gasteiger partial charge in [-0.2, -0.15) is 22.5 Å². The van der Waals surface area contributed by atoms with Crippen molar-refractivity contribution < 1.29 is 18.0 Å². The van der Waals surface area contributed by atoms with Crippen LogP contribution in [0.2, 0.25) is 0 Å². The summed E-state index contributed by atoms with van der Waals surface area (Å²) in [6, 6.07) is 13.7. The lowest BCUT2D eigenvalue weighted by atomic mass is 10.1. The molecule has 0 spiro atoms. The summed E-state index contributed by atoms with van der Waals surface area (Å²) in [6.07, 6.45) is -4.61. The Morgan fingerprint density at radius 3 is 2.38 bits per heavy atom. The number of hydrogen-bond donors (Lipinski definition) is 1. The molecule has 0 aliphatic carbocycles. The number of benzene rings is 2. The Bertz CT molecular complexity index is 862. The van der Waals surface area contributed by atoms with Gasteiger partial charge in [0.25, 0.3) is 5.91 Å². The van der Waals surface area contributed by atoms with Gasteiger partial charge in [-0.15, -0.1) is 0 Å². The predicted octanol–water partition coefficient (Wildman–Crippen LogP) is 4.48. The number of carbonyl (C=O) groups excluding carboxylic acids is 1. The second kappa shape index (κ2) is 6.40. The van der Waals surface area contributed by atoms with Crippen LogP contribution >= 0.6 is 11.5 Å². The number of amides is 1. The van der Waals surface area contributed by atoms with E-state index in [1.807, 2.05) is 18.2 Å². The Morgan fingerprint density at radius 1 is 1.00 bits per heavy atom. The predicted molar refractivity (Wildman–Crippen MR) is 84.7 cm³/mol. The van der Waals surface area contributed by atoms with Crippen molar-refractivity contribution in [3.8, 4) is 11.4 Å². The van der Waals surface area contributed by atoms with Crippen molar-refractivity contribution in [2.45, 2.75) is 6.18 Å². The summed E-state index contributed by atoms with van der Waals surface area (Å²) in [5.74, 6) is -0.473. The molecule has 0 fully saturated rings. The number of nitrogens with zero attached hydrogens (tertiary/aromatic N) is 2. The highest BCUT2D eigenvalue weighted by Gasteiger charge is 2.35. The molecule has 0 saturated heterocycles. The molecule has 8 heteroatoms. The molecular weight excluding hydrogens is 339 g/mol. The van der Waals surface area contributed by atoms with E-state index in [4.69, 9.17) is 0 Å². The third-order valence-electron chi connectivity index (χ3n) is 3.16. The lowest BCUT2D eigenvalue weighted by molar-refractivity contribution is -0.137. The fraction of sp³-hybridized carbons (Fsp3) is 0.0625. The highest BCUT2D eigenvalue weighted by molar-refractivity contribution is 7.10. The van der Waals surface area contributed by atoms with E-state index in [1.54, 1.807) is 12.1 Å². The van der Waals surface area contributed by atoms with Gasteiger partial charge in [0.15, 0.2) is 5.82 Å². The van der Waals surface area contributed by atoms with Gasteiger partial charge in [0.1, 0.15) is 0 Å². The van der Waals surface area contributed by atoms with Crippen LogP contribution in [0.1, 0.15) is 15.9 Å². The van der Waals surface area contributed by atoms with Gasteiger partial charge in [-0.1, -0.05) is 42.5 Å². The van der Waals surface area contributed by atoms with Crippen LogP contribution in [0.3, 0.4) is 0 Å². The summed E-state index contributed by atoms with van der Waals surface area (Å²) in [4.78, 5) is 16.3. The minimum absolute atomic E-state index is 0.135. The lowest BCUT2D eigenvalue weighted by Crippen LogP contribution is -2.18. The van der Waals surface area contributed by atoms with Crippen LogP contribution < -0.4 is 5.32 Å². The Kier molecular flexibility index (Phi) is 4.30. The molecule has 2 aromatic carbocycles. The molecule has 0 aliphatic heterocycles. The minimum atomic E-state index is -4.61. The molecule has 0 aliphatic rings. The largest absolute Gasteiger partial charge is 0.417 e. The van der Waals surface area contributed by atoms with Gasteiger partial charge in [-0.3, -0.25) is 10.1 Å². The van der Waals surface area contributed by atoms with Crippen LogP contribution in [0.15, 0.2) is 54.6 Å². The van der Waals surface area contributed by atoms with E-state index >= 15 is 0 Å². The van der Waals surface area contributed by atoms with E-state index in [-0.39, 0.29) is 5.13 Å². The Hall–Kier alpha value is -2.74. The van der Waals surface area contributed by atoms with Crippen LogP contribution in [0, 0.1) is 0 Å².